The van der Waals surface area contributed by atoms with E-state index in [9.17, 15) is 31.4 Å². The van der Waals surface area contributed by atoms with Gasteiger partial charge in [-0.2, -0.15) is 36.3 Å². The van der Waals surface area contributed by atoms with Crippen LogP contribution in [0.5, 0.6) is 0 Å². The molecule has 0 saturated heterocycles. The Labute approximate surface area is 191 Å². The highest BCUT2D eigenvalue weighted by Crippen LogP contribution is 2.28. The number of rotatable bonds is 10. The van der Waals surface area contributed by atoms with Crippen LogP contribution in [0.15, 0.2) is 0 Å². The fourth-order valence-electron chi connectivity index (χ4n) is 2.32. The predicted octanol–water partition coefficient (Wildman–Crippen LogP) is 3.79. The summed E-state index contributed by atoms with van der Waals surface area (Å²) >= 11 is 0. The van der Waals surface area contributed by atoms with Crippen LogP contribution < -0.4 is 21.3 Å². The minimum Gasteiger partial charge on any atom is -0.389 e. The van der Waals surface area contributed by atoms with Crippen LogP contribution in [0.1, 0.15) is 27.2 Å². The van der Waals surface area contributed by atoms with E-state index >= 15 is 0 Å². The van der Waals surface area contributed by atoms with Gasteiger partial charge in [0.05, 0.1) is 5.60 Å². The first-order valence-electron chi connectivity index (χ1n) is 9.58. The van der Waals surface area contributed by atoms with Gasteiger partial charge in [-0.05, 0) is 20.3 Å². The number of hydrogen-bond donors (Lipinski definition) is 5. The van der Waals surface area contributed by atoms with Gasteiger partial charge in [-0.15, -0.1) is 12.4 Å². The molecular formula is C17H25ClF6N8O. The number of halogens is 7. The van der Waals surface area contributed by atoms with Gasteiger partial charge in [0.2, 0.25) is 11.9 Å². The number of nitrogens with one attached hydrogen (secondary N) is 4. The molecule has 2 heterocycles. The molecule has 9 nitrogen and oxygen atoms in total. The zero-order chi connectivity index (χ0) is 24.2. The van der Waals surface area contributed by atoms with E-state index in [2.05, 4.69) is 41.2 Å². The van der Waals surface area contributed by atoms with Crippen LogP contribution in [0.4, 0.5) is 49.9 Å². The van der Waals surface area contributed by atoms with Crippen molar-refractivity contribution in [2.75, 3.05) is 47.4 Å². The lowest BCUT2D eigenvalue weighted by atomic mass is 10.1. The highest BCUT2D eigenvalue weighted by Gasteiger charge is 2.29. The standard InChI is InChI=1S/C17H24F6N8O.ClH/c1-4-5-24-11-9-10(29-13(30-11)26-7-16(18,19)20)12(25-6-15(2,3)32)31-14(28-9)27-8-17(21,22)23;/h32H,4-8H2,1-3H3,(H2,24,26,29,30)(H2,25,27,28,31);1H. The largest absolute Gasteiger partial charge is 0.405 e. The number of fused-ring (bicyclic) bond motifs is 1. The quantitative estimate of drug-likeness (QED) is 0.306. The van der Waals surface area contributed by atoms with Gasteiger partial charge in [-0.3, -0.25) is 0 Å². The number of aliphatic hydroxyl groups is 1. The van der Waals surface area contributed by atoms with Crippen molar-refractivity contribution >= 4 is 47.0 Å². The molecule has 188 valence electrons. The average molecular weight is 507 g/mol. The van der Waals surface area contributed by atoms with Crippen LogP contribution in [0.2, 0.25) is 0 Å². The lowest BCUT2D eigenvalue weighted by molar-refractivity contribution is -0.116. The second-order valence-corrected chi connectivity index (χ2v) is 7.52. The van der Waals surface area contributed by atoms with Crippen molar-refractivity contribution in [2.24, 2.45) is 0 Å². The summed E-state index contributed by atoms with van der Waals surface area (Å²) in [5, 5.41) is 19.7. The van der Waals surface area contributed by atoms with Gasteiger partial charge in [0.25, 0.3) is 0 Å². The molecule has 0 saturated carbocycles. The number of hydrogen-bond acceptors (Lipinski definition) is 9. The lowest BCUT2D eigenvalue weighted by Gasteiger charge is -2.20. The van der Waals surface area contributed by atoms with Gasteiger partial charge in [-0.25, -0.2) is 9.97 Å². The molecule has 5 N–H and O–H groups in total. The SMILES string of the molecule is CCCNc1nc(NCC(F)(F)F)nc2c(NCC(C)(C)O)nc(NCC(F)(F)F)nc12.Cl. The van der Waals surface area contributed by atoms with E-state index in [-0.39, 0.29) is 47.6 Å². The highest BCUT2D eigenvalue weighted by atomic mass is 35.5. The van der Waals surface area contributed by atoms with Crippen molar-refractivity contribution in [3.8, 4) is 0 Å². The van der Waals surface area contributed by atoms with Crippen molar-refractivity contribution in [3.63, 3.8) is 0 Å². The summed E-state index contributed by atoms with van der Waals surface area (Å²) < 4.78 is 75.8. The zero-order valence-electron chi connectivity index (χ0n) is 17.9. The third-order valence-electron chi connectivity index (χ3n) is 3.67. The number of anilines is 4. The maximum Gasteiger partial charge on any atom is 0.405 e. The Morgan fingerprint density at radius 2 is 1.12 bits per heavy atom. The van der Waals surface area contributed by atoms with E-state index in [1.54, 1.807) is 0 Å². The third-order valence-corrected chi connectivity index (χ3v) is 3.67. The summed E-state index contributed by atoms with van der Waals surface area (Å²) in [4.78, 5) is 16.0. The maximum absolute atomic E-state index is 12.6. The molecule has 0 aliphatic carbocycles. The van der Waals surface area contributed by atoms with Gasteiger partial charge in [0.1, 0.15) is 24.1 Å². The zero-order valence-corrected chi connectivity index (χ0v) is 18.8. The van der Waals surface area contributed by atoms with E-state index in [0.29, 0.717) is 13.0 Å². The van der Waals surface area contributed by atoms with Crippen LogP contribution in [0.3, 0.4) is 0 Å². The Bertz CT molecular complexity index is 919. The van der Waals surface area contributed by atoms with Crippen LogP contribution >= 0.6 is 12.4 Å². The van der Waals surface area contributed by atoms with Crippen LogP contribution in [-0.2, 0) is 0 Å². The molecule has 0 amide bonds. The molecule has 0 fully saturated rings. The van der Waals surface area contributed by atoms with Crippen molar-refractivity contribution in [1.29, 1.82) is 0 Å². The van der Waals surface area contributed by atoms with Gasteiger partial charge in [0, 0.05) is 13.1 Å². The molecule has 33 heavy (non-hydrogen) atoms. The normalized spacial score (nSPS) is 12.3. The van der Waals surface area contributed by atoms with E-state index < -0.39 is 37.0 Å². The van der Waals surface area contributed by atoms with Crippen LogP contribution in [0, 0.1) is 0 Å². The minimum atomic E-state index is -4.54. The van der Waals surface area contributed by atoms with E-state index in [4.69, 9.17) is 0 Å². The summed E-state index contributed by atoms with van der Waals surface area (Å²) in [5.41, 5.74) is -1.27. The fraction of sp³-hybridized carbons (Fsp3) is 0.647. The van der Waals surface area contributed by atoms with Crippen LogP contribution in [-0.4, -0.2) is 69.2 Å². The van der Waals surface area contributed by atoms with E-state index in [1.807, 2.05) is 6.92 Å². The van der Waals surface area contributed by atoms with Crippen molar-refractivity contribution in [2.45, 2.75) is 45.1 Å². The molecule has 0 radical (unpaired) electrons. The van der Waals surface area contributed by atoms with E-state index in [1.165, 1.54) is 13.8 Å². The Morgan fingerprint density at radius 3 is 1.48 bits per heavy atom. The van der Waals surface area contributed by atoms with Gasteiger partial charge < -0.3 is 26.4 Å². The molecule has 2 rings (SSSR count). The maximum atomic E-state index is 12.6. The molecule has 2 aromatic heterocycles. The number of aromatic nitrogens is 4. The summed E-state index contributed by atoms with van der Waals surface area (Å²) in [6.45, 7) is 2.27. The van der Waals surface area contributed by atoms with Gasteiger partial charge in [0.15, 0.2) is 11.6 Å². The molecule has 0 aliphatic rings. The summed E-state index contributed by atoms with van der Waals surface area (Å²) in [6.07, 6.45) is -8.44. The second kappa shape index (κ2) is 11.0. The molecule has 16 heteroatoms. The Balaban J connectivity index is 0.00000544. The first-order valence-corrected chi connectivity index (χ1v) is 9.58. The Morgan fingerprint density at radius 1 is 0.697 bits per heavy atom. The molecule has 0 bridgehead atoms. The Kier molecular flexibility index (Phi) is 9.54. The van der Waals surface area contributed by atoms with Crippen molar-refractivity contribution < 1.29 is 31.4 Å². The molecule has 0 spiro atoms. The Hall–Kier alpha value is -2.55. The predicted molar refractivity (Wildman–Crippen MR) is 115 cm³/mol. The lowest BCUT2D eigenvalue weighted by Crippen LogP contribution is -2.30. The van der Waals surface area contributed by atoms with Crippen molar-refractivity contribution in [3.05, 3.63) is 0 Å². The molecule has 0 aliphatic heterocycles. The second-order valence-electron chi connectivity index (χ2n) is 7.52. The van der Waals surface area contributed by atoms with Crippen molar-refractivity contribution in [1.82, 2.24) is 19.9 Å². The average Bonchev–Trinajstić information content (AvgIpc) is 2.65. The monoisotopic (exact) mass is 506 g/mol. The van der Waals surface area contributed by atoms with Crippen LogP contribution in [0.25, 0.3) is 11.0 Å². The molecule has 2 aromatic rings. The summed E-state index contributed by atoms with van der Waals surface area (Å²) in [6, 6.07) is 0. The first kappa shape index (κ1) is 28.5. The fourth-order valence-corrected chi connectivity index (χ4v) is 2.32. The highest BCUT2D eigenvalue weighted by molar-refractivity contribution is 5.94. The summed E-state index contributed by atoms with van der Waals surface area (Å²) in [5.74, 6) is -0.837. The molecule has 0 unspecified atom stereocenters. The molecular weight excluding hydrogens is 482 g/mol. The topological polar surface area (TPSA) is 120 Å². The smallest absolute Gasteiger partial charge is 0.389 e. The molecule has 0 aromatic carbocycles. The van der Waals surface area contributed by atoms with Gasteiger partial charge >= 0.3 is 12.4 Å². The number of nitrogens with zero attached hydrogens (tertiary/aromatic N) is 4. The third kappa shape index (κ3) is 9.86. The van der Waals surface area contributed by atoms with E-state index in [0.717, 1.165) is 0 Å². The van der Waals surface area contributed by atoms with Gasteiger partial charge in [-0.1, -0.05) is 6.92 Å². The molecule has 0 atom stereocenters. The number of alkyl halides is 6. The minimum absolute atomic E-state index is 0. The summed E-state index contributed by atoms with van der Waals surface area (Å²) in [7, 11) is 0. The first-order chi connectivity index (χ1) is 14.7.